The molecule has 0 aromatic heterocycles. The highest BCUT2D eigenvalue weighted by atomic mass is 35.5. The van der Waals surface area contributed by atoms with Gasteiger partial charge in [0.1, 0.15) is 0 Å². The Labute approximate surface area is 163 Å². The van der Waals surface area contributed by atoms with Crippen LogP contribution in [0.1, 0.15) is 12.0 Å². The third-order valence-electron chi connectivity index (χ3n) is 4.39. The molecule has 2 fully saturated rings. The van der Waals surface area contributed by atoms with Gasteiger partial charge in [-0.3, -0.25) is 15.0 Å². The van der Waals surface area contributed by atoms with Crippen molar-refractivity contribution in [3.05, 3.63) is 34.9 Å². The Hall–Kier alpha value is -0.660. The van der Waals surface area contributed by atoms with Crippen molar-refractivity contribution >= 4 is 42.3 Å². The fourth-order valence-electron chi connectivity index (χ4n) is 3.13. The van der Waals surface area contributed by atoms with Crippen molar-refractivity contribution in [2.75, 3.05) is 32.7 Å². The quantitative estimate of drug-likeness (QED) is 0.823. The van der Waals surface area contributed by atoms with E-state index in [1.165, 1.54) is 0 Å². The van der Waals surface area contributed by atoms with Gasteiger partial charge in [0.15, 0.2) is 0 Å². The van der Waals surface area contributed by atoms with Gasteiger partial charge in [-0.2, -0.15) is 0 Å². The van der Waals surface area contributed by atoms with Crippen LogP contribution in [0.5, 0.6) is 0 Å². The molecule has 1 aromatic carbocycles. The first-order valence-corrected chi connectivity index (χ1v) is 8.17. The Balaban J connectivity index is 0.00000156. The van der Waals surface area contributed by atoms with E-state index in [2.05, 4.69) is 10.2 Å². The molecule has 0 radical (unpaired) electrons. The van der Waals surface area contributed by atoms with Crippen LogP contribution in [-0.4, -0.2) is 60.4 Å². The second kappa shape index (κ2) is 9.33. The summed E-state index contributed by atoms with van der Waals surface area (Å²) in [6.07, 6.45) is -0.394. The summed E-state index contributed by atoms with van der Waals surface area (Å²) >= 11 is 5.98. The van der Waals surface area contributed by atoms with Gasteiger partial charge < -0.3 is 4.90 Å². The maximum absolute atomic E-state index is 13.2. The molecule has 0 saturated carbocycles. The Morgan fingerprint density at radius 2 is 1.92 bits per heavy atom. The van der Waals surface area contributed by atoms with Crippen LogP contribution in [0.25, 0.3) is 0 Å². The number of rotatable bonds is 3. The second-order valence-electron chi connectivity index (χ2n) is 6.22. The predicted molar refractivity (Wildman–Crippen MR) is 99.2 cm³/mol. The highest BCUT2D eigenvalue weighted by molar-refractivity contribution is 6.30. The molecule has 2 saturated heterocycles. The van der Waals surface area contributed by atoms with Crippen LogP contribution in [-0.2, 0) is 11.3 Å². The first-order chi connectivity index (χ1) is 10.9. The topological polar surface area (TPSA) is 35.6 Å². The molecule has 0 spiro atoms. The first kappa shape index (κ1) is 22.4. The van der Waals surface area contributed by atoms with Crippen LogP contribution in [0.15, 0.2) is 24.3 Å². The lowest BCUT2D eigenvalue weighted by Gasteiger charge is -2.36. The zero-order valence-electron chi connectivity index (χ0n) is 13.6. The van der Waals surface area contributed by atoms with Crippen molar-refractivity contribution in [1.29, 1.82) is 0 Å². The maximum atomic E-state index is 13.2. The lowest BCUT2D eigenvalue weighted by atomic mass is 10.1. The fourth-order valence-corrected chi connectivity index (χ4v) is 3.34. The summed E-state index contributed by atoms with van der Waals surface area (Å²) in [6, 6.07) is 6.97. The molecule has 1 atom stereocenters. The number of carbonyl (C=O) groups excluding carboxylic acids is 1. The van der Waals surface area contributed by atoms with E-state index in [-0.39, 0.29) is 30.7 Å². The maximum Gasteiger partial charge on any atom is 0.262 e. The van der Waals surface area contributed by atoms with Crippen molar-refractivity contribution in [2.45, 2.75) is 24.9 Å². The minimum absolute atomic E-state index is 0. The monoisotopic (exact) mass is 415 g/mol. The van der Waals surface area contributed by atoms with Gasteiger partial charge in [0.25, 0.3) is 5.92 Å². The number of benzene rings is 1. The highest BCUT2D eigenvalue weighted by Crippen LogP contribution is 2.26. The lowest BCUT2D eigenvalue weighted by molar-refractivity contribution is -0.135. The van der Waals surface area contributed by atoms with E-state index in [0.29, 0.717) is 18.1 Å². The van der Waals surface area contributed by atoms with Crippen LogP contribution in [0.3, 0.4) is 0 Å². The number of hydrogen-bond acceptors (Lipinski definition) is 3. The Bertz CT molecular complexity index is 583. The van der Waals surface area contributed by atoms with Gasteiger partial charge in [0.2, 0.25) is 5.91 Å². The van der Waals surface area contributed by atoms with Gasteiger partial charge in [0, 0.05) is 44.2 Å². The van der Waals surface area contributed by atoms with Crippen molar-refractivity contribution in [3.8, 4) is 0 Å². The molecular weight excluding hydrogens is 395 g/mol. The van der Waals surface area contributed by atoms with Crippen LogP contribution in [0.4, 0.5) is 8.78 Å². The highest BCUT2D eigenvalue weighted by Gasteiger charge is 2.43. The molecule has 1 amide bonds. The third-order valence-corrected chi connectivity index (χ3v) is 4.62. The summed E-state index contributed by atoms with van der Waals surface area (Å²) in [5, 5.41) is 3.34. The van der Waals surface area contributed by atoms with E-state index in [1.54, 1.807) is 4.90 Å². The Morgan fingerprint density at radius 1 is 1.24 bits per heavy atom. The number of amides is 1. The molecule has 25 heavy (non-hydrogen) atoms. The molecule has 2 aliphatic heterocycles. The van der Waals surface area contributed by atoms with E-state index in [4.69, 9.17) is 11.6 Å². The standard InChI is InChI=1S/C16H20ClF2N3O.2ClH/c17-13-3-1-2-12(8-13)10-21-4-6-22(7-5-21)15(23)14-9-16(18,19)11-20-14;;/h1-3,8,14,20H,4-7,9-11H2;2*1H. The largest absolute Gasteiger partial charge is 0.339 e. The second-order valence-corrected chi connectivity index (χ2v) is 6.66. The van der Waals surface area contributed by atoms with E-state index >= 15 is 0 Å². The third kappa shape index (κ3) is 5.93. The average Bonchev–Trinajstić information content (AvgIpc) is 2.87. The summed E-state index contributed by atoms with van der Waals surface area (Å²) in [7, 11) is 0. The van der Waals surface area contributed by atoms with Gasteiger partial charge in [0.05, 0.1) is 12.6 Å². The SMILES string of the molecule is Cl.Cl.O=C(C1CC(F)(F)CN1)N1CCN(Cc2cccc(Cl)c2)CC1. The van der Waals surface area contributed by atoms with Crippen LogP contribution in [0.2, 0.25) is 5.02 Å². The van der Waals surface area contributed by atoms with Crippen molar-refractivity contribution in [1.82, 2.24) is 15.1 Å². The molecule has 3 rings (SSSR count). The number of nitrogens with zero attached hydrogens (tertiary/aromatic N) is 2. The van der Waals surface area contributed by atoms with Crippen molar-refractivity contribution in [3.63, 3.8) is 0 Å². The smallest absolute Gasteiger partial charge is 0.262 e. The Morgan fingerprint density at radius 3 is 2.48 bits per heavy atom. The van der Waals surface area contributed by atoms with Gasteiger partial charge in [-0.15, -0.1) is 24.8 Å². The van der Waals surface area contributed by atoms with E-state index in [0.717, 1.165) is 25.2 Å². The van der Waals surface area contributed by atoms with E-state index in [9.17, 15) is 13.6 Å². The molecule has 9 heteroatoms. The molecule has 0 bridgehead atoms. The summed E-state index contributed by atoms with van der Waals surface area (Å²) in [5.74, 6) is -2.97. The number of alkyl halides is 2. The van der Waals surface area contributed by atoms with Crippen LogP contribution in [0, 0.1) is 0 Å². The Kier molecular flexibility index (Phi) is 8.35. The summed E-state index contributed by atoms with van der Waals surface area (Å²) < 4.78 is 26.4. The fraction of sp³-hybridized carbons (Fsp3) is 0.562. The van der Waals surface area contributed by atoms with Crippen molar-refractivity contribution < 1.29 is 13.6 Å². The van der Waals surface area contributed by atoms with Gasteiger partial charge in [-0.25, -0.2) is 8.78 Å². The summed E-state index contributed by atoms with van der Waals surface area (Å²) in [6.45, 7) is 3.00. The summed E-state index contributed by atoms with van der Waals surface area (Å²) in [5.41, 5.74) is 1.13. The van der Waals surface area contributed by atoms with Crippen LogP contribution >= 0.6 is 36.4 Å². The normalized spacial score (nSPS) is 22.8. The number of piperazine rings is 1. The number of hydrogen-bond donors (Lipinski definition) is 1. The number of carbonyl (C=O) groups is 1. The molecule has 1 N–H and O–H groups in total. The molecular formula is C16H22Cl3F2N3O. The number of halogens is 5. The molecule has 1 aromatic rings. The van der Waals surface area contributed by atoms with Gasteiger partial charge in [-0.1, -0.05) is 23.7 Å². The van der Waals surface area contributed by atoms with Crippen molar-refractivity contribution in [2.24, 2.45) is 0 Å². The van der Waals surface area contributed by atoms with Gasteiger partial charge >= 0.3 is 0 Å². The predicted octanol–water partition coefficient (Wildman–Crippen LogP) is 2.83. The molecule has 0 aliphatic carbocycles. The molecule has 4 nitrogen and oxygen atoms in total. The lowest BCUT2D eigenvalue weighted by Crippen LogP contribution is -2.52. The molecule has 2 heterocycles. The van der Waals surface area contributed by atoms with E-state index < -0.39 is 24.9 Å². The molecule has 1 unspecified atom stereocenters. The zero-order chi connectivity index (χ0) is 16.4. The zero-order valence-corrected chi connectivity index (χ0v) is 16.0. The molecule has 2 aliphatic rings. The molecule has 142 valence electrons. The first-order valence-electron chi connectivity index (χ1n) is 7.80. The average molecular weight is 417 g/mol. The summed E-state index contributed by atoms with van der Waals surface area (Å²) in [4.78, 5) is 16.2. The van der Waals surface area contributed by atoms with Crippen LogP contribution < -0.4 is 5.32 Å². The number of nitrogens with one attached hydrogen (secondary N) is 1. The minimum Gasteiger partial charge on any atom is -0.339 e. The minimum atomic E-state index is -2.77. The van der Waals surface area contributed by atoms with E-state index in [1.807, 2.05) is 24.3 Å². The van der Waals surface area contributed by atoms with Gasteiger partial charge in [-0.05, 0) is 17.7 Å².